The molecule has 2 heterocycles. The van der Waals surface area contributed by atoms with Crippen LogP contribution in [0.25, 0.3) is 0 Å². The van der Waals surface area contributed by atoms with Gasteiger partial charge in [-0.25, -0.2) is 4.39 Å². The quantitative estimate of drug-likeness (QED) is 0.670. The second kappa shape index (κ2) is 8.98. The molecule has 5 nitrogen and oxygen atoms in total. The molecule has 1 aromatic heterocycles. The van der Waals surface area contributed by atoms with Crippen LogP contribution in [-0.2, 0) is 18.7 Å². The Kier molecular flexibility index (Phi) is 6.16. The Morgan fingerprint density at radius 2 is 1.93 bits per heavy atom. The van der Waals surface area contributed by atoms with Crippen LogP contribution < -0.4 is 4.74 Å². The van der Waals surface area contributed by atoms with Crippen LogP contribution in [0.1, 0.15) is 36.0 Å². The van der Waals surface area contributed by atoms with Gasteiger partial charge >= 0.3 is 0 Å². The van der Waals surface area contributed by atoms with Crippen molar-refractivity contribution in [3.8, 4) is 5.75 Å². The molecule has 3 aromatic rings. The largest absolute Gasteiger partial charge is 0.496 e. The average molecular weight is 410 g/mol. The van der Waals surface area contributed by atoms with Gasteiger partial charge in [0.05, 0.1) is 19.3 Å². The van der Waals surface area contributed by atoms with E-state index in [1.807, 2.05) is 23.0 Å². The number of aromatic nitrogens is 2. The zero-order valence-corrected chi connectivity index (χ0v) is 17.3. The molecule has 30 heavy (non-hydrogen) atoms. The summed E-state index contributed by atoms with van der Waals surface area (Å²) in [6.07, 6.45) is 5.93. The van der Waals surface area contributed by atoms with Crippen molar-refractivity contribution < 1.29 is 14.2 Å². The summed E-state index contributed by atoms with van der Waals surface area (Å²) in [6.45, 7) is 3.18. The molecule has 4 rings (SSSR count). The number of benzene rings is 2. The summed E-state index contributed by atoms with van der Waals surface area (Å²) in [5.74, 6) is 0.582. The third kappa shape index (κ3) is 4.71. The van der Waals surface area contributed by atoms with E-state index in [0.29, 0.717) is 19.4 Å². The lowest BCUT2D eigenvalue weighted by molar-refractivity contribution is 0.0209. The molecule has 0 spiro atoms. The minimum absolute atomic E-state index is 0.275. The Hall–Kier alpha value is -2.70. The fourth-order valence-electron chi connectivity index (χ4n) is 4.26. The molecule has 1 atom stereocenters. The highest BCUT2D eigenvalue weighted by Crippen LogP contribution is 2.33. The highest BCUT2D eigenvalue weighted by atomic mass is 19.1. The second-order valence-corrected chi connectivity index (χ2v) is 8.02. The van der Waals surface area contributed by atoms with Gasteiger partial charge < -0.3 is 9.84 Å². The third-order valence-corrected chi connectivity index (χ3v) is 5.93. The van der Waals surface area contributed by atoms with Crippen molar-refractivity contribution in [3.63, 3.8) is 0 Å². The maximum absolute atomic E-state index is 13.3. The number of ether oxygens (including phenoxy) is 1. The fraction of sp³-hybridized carbons (Fsp3) is 0.375. The van der Waals surface area contributed by atoms with Crippen LogP contribution in [0.2, 0.25) is 0 Å². The van der Waals surface area contributed by atoms with Gasteiger partial charge in [-0.2, -0.15) is 5.10 Å². The number of methoxy groups -OCH3 is 1. The first-order valence-electron chi connectivity index (χ1n) is 10.4. The molecule has 0 unspecified atom stereocenters. The molecular weight excluding hydrogens is 381 g/mol. The maximum Gasteiger partial charge on any atom is 0.123 e. The van der Waals surface area contributed by atoms with Gasteiger partial charge in [0.15, 0.2) is 0 Å². The Morgan fingerprint density at radius 3 is 2.67 bits per heavy atom. The molecule has 1 fully saturated rings. The first-order chi connectivity index (χ1) is 14.6. The number of hydrogen-bond donors (Lipinski definition) is 1. The van der Waals surface area contributed by atoms with E-state index in [2.05, 4.69) is 22.1 Å². The van der Waals surface area contributed by atoms with Gasteiger partial charge in [-0.3, -0.25) is 9.58 Å². The molecule has 6 heteroatoms. The van der Waals surface area contributed by atoms with Crippen LogP contribution in [0.4, 0.5) is 4.39 Å². The number of nitrogens with zero attached hydrogens (tertiary/aromatic N) is 3. The van der Waals surface area contributed by atoms with E-state index in [-0.39, 0.29) is 5.82 Å². The minimum Gasteiger partial charge on any atom is -0.496 e. The van der Waals surface area contributed by atoms with Gasteiger partial charge in [-0.15, -0.1) is 0 Å². The van der Waals surface area contributed by atoms with E-state index < -0.39 is 5.60 Å². The fourth-order valence-corrected chi connectivity index (χ4v) is 4.26. The van der Waals surface area contributed by atoms with Crippen LogP contribution in [0.3, 0.4) is 0 Å². The molecule has 0 bridgehead atoms. The highest BCUT2D eigenvalue weighted by Gasteiger charge is 2.32. The molecule has 1 N–H and O–H groups in total. The summed E-state index contributed by atoms with van der Waals surface area (Å²) in [5, 5.41) is 15.5. The van der Waals surface area contributed by atoms with Gasteiger partial charge in [-0.1, -0.05) is 18.2 Å². The zero-order valence-electron chi connectivity index (χ0n) is 17.3. The van der Waals surface area contributed by atoms with E-state index in [1.165, 1.54) is 17.7 Å². The molecule has 1 aliphatic rings. The average Bonchev–Trinajstić information content (AvgIpc) is 3.18. The van der Waals surface area contributed by atoms with Crippen molar-refractivity contribution in [2.75, 3.05) is 20.2 Å². The predicted octanol–water partition coefficient (Wildman–Crippen LogP) is 3.95. The first kappa shape index (κ1) is 20.6. The second-order valence-electron chi connectivity index (χ2n) is 8.02. The monoisotopic (exact) mass is 409 g/mol. The van der Waals surface area contributed by atoms with Gasteiger partial charge in [0.1, 0.15) is 11.6 Å². The number of likely N-dealkylation sites (tertiary alicyclic amines) is 1. The topological polar surface area (TPSA) is 50.5 Å². The third-order valence-electron chi connectivity index (χ3n) is 5.93. The van der Waals surface area contributed by atoms with Crippen LogP contribution in [0.15, 0.2) is 60.9 Å². The summed E-state index contributed by atoms with van der Waals surface area (Å²) in [7, 11) is 1.69. The Bertz CT molecular complexity index is 959. The SMILES string of the molecule is COc1ccc(CN2CCC[C@@](O)(c3ccc(F)cc3)CC2)cc1Cn1cccn1. The van der Waals surface area contributed by atoms with E-state index in [0.717, 1.165) is 42.9 Å². The summed E-state index contributed by atoms with van der Waals surface area (Å²) in [4.78, 5) is 2.38. The van der Waals surface area contributed by atoms with Crippen LogP contribution in [0, 0.1) is 5.82 Å². The van der Waals surface area contributed by atoms with Crippen LogP contribution >= 0.6 is 0 Å². The molecule has 2 aromatic carbocycles. The number of hydrogen-bond acceptors (Lipinski definition) is 4. The van der Waals surface area contributed by atoms with Crippen LogP contribution in [-0.4, -0.2) is 40.0 Å². The molecule has 1 saturated heterocycles. The van der Waals surface area contributed by atoms with Crippen molar-refractivity contribution in [1.29, 1.82) is 0 Å². The molecule has 1 aliphatic heterocycles. The molecule has 158 valence electrons. The first-order valence-corrected chi connectivity index (χ1v) is 10.4. The summed E-state index contributed by atoms with van der Waals surface area (Å²) in [6, 6.07) is 14.5. The van der Waals surface area contributed by atoms with Gasteiger partial charge in [0.2, 0.25) is 0 Å². The summed E-state index contributed by atoms with van der Waals surface area (Å²) in [5.41, 5.74) is 2.21. The lowest BCUT2D eigenvalue weighted by Gasteiger charge is -2.27. The maximum atomic E-state index is 13.3. The van der Waals surface area contributed by atoms with Crippen LogP contribution in [0.5, 0.6) is 5.75 Å². The predicted molar refractivity (Wildman–Crippen MR) is 114 cm³/mol. The lowest BCUT2D eigenvalue weighted by atomic mass is 9.87. The van der Waals surface area contributed by atoms with Gasteiger partial charge in [-0.05, 0) is 67.3 Å². The molecule has 0 aliphatic carbocycles. The number of halogens is 1. The van der Waals surface area contributed by atoms with E-state index in [9.17, 15) is 9.50 Å². The molecular formula is C24H28FN3O2. The standard InChI is InChI=1S/C24H28FN3O2/c1-30-23-9-4-19(16-20(23)18-28-14-3-12-26-28)17-27-13-2-10-24(29,11-15-27)21-5-7-22(25)8-6-21/h3-9,12,14,16,29H,2,10-11,13,15,17-18H2,1H3/t24-/m0/s1. The van der Waals surface area contributed by atoms with Crippen molar-refractivity contribution in [2.24, 2.45) is 0 Å². The Morgan fingerprint density at radius 1 is 1.10 bits per heavy atom. The lowest BCUT2D eigenvalue weighted by Crippen LogP contribution is -2.29. The van der Waals surface area contributed by atoms with Crippen molar-refractivity contribution >= 4 is 0 Å². The van der Waals surface area contributed by atoms with Crippen molar-refractivity contribution in [2.45, 2.75) is 38.0 Å². The molecule has 0 radical (unpaired) electrons. The molecule has 0 amide bonds. The number of rotatable bonds is 6. The van der Waals surface area contributed by atoms with Gasteiger partial charge in [0.25, 0.3) is 0 Å². The highest BCUT2D eigenvalue weighted by molar-refractivity contribution is 5.37. The normalized spacial score (nSPS) is 20.1. The van der Waals surface area contributed by atoms with E-state index >= 15 is 0 Å². The summed E-state index contributed by atoms with van der Waals surface area (Å²) >= 11 is 0. The zero-order chi connectivity index (χ0) is 21.0. The number of aliphatic hydroxyl groups is 1. The Balaban J connectivity index is 1.45. The molecule has 0 saturated carbocycles. The smallest absolute Gasteiger partial charge is 0.123 e. The minimum atomic E-state index is -0.895. The van der Waals surface area contributed by atoms with Gasteiger partial charge in [0, 0.05) is 31.0 Å². The Labute approximate surface area is 176 Å². The van der Waals surface area contributed by atoms with Crippen molar-refractivity contribution in [3.05, 3.63) is 83.4 Å². The summed E-state index contributed by atoms with van der Waals surface area (Å²) < 4.78 is 20.7. The van der Waals surface area contributed by atoms with E-state index in [4.69, 9.17) is 4.74 Å². The van der Waals surface area contributed by atoms with E-state index in [1.54, 1.807) is 25.4 Å². The van der Waals surface area contributed by atoms with Crippen molar-refractivity contribution in [1.82, 2.24) is 14.7 Å².